The number of fused-ring (bicyclic) bond motifs is 2. The van der Waals surface area contributed by atoms with E-state index in [1.54, 1.807) is 0 Å². The molecule has 6 atom stereocenters. The van der Waals surface area contributed by atoms with Crippen LogP contribution in [0.1, 0.15) is 39.5 Å². The second-order valence-electron chi connectivity index (χ2n) is 7.20. The van der Waals surface area contributed by atoms with Crippen LogP contribution >= 0.6 is 0 Å². The molecule has 0 spiro atoms. The molecule has 1 saturated heterocycles. The molecular formula is C18H26O4. The number of carbonyl (C=O) groups is 2. The zero-order valence-electron chi connectivity index (χ0n) is 13.5. The minimum Gasteiger partial charge on any atom is -0.465 e. The average molecular weight is 306 g/mol. The van der Waals surface area contributed by atoms with Crippen LogP contribution in [0, 0.1) is 35.5 Å². The van der Waals surface area contributed by atoms with Gasteiger partial charge in [0.2, 0.25) is 0 Å². The lowest BCUT2D eigenvalue weighted by molar-refractivity contribution is -0.167. The molecule has 4 heteroatoms. The molecule has 1 aliphatic heterocycles. The Bertz CT molecular complexity index is 470. The summed E-state index contributed by atoms with van der Waals surface area (Å²) in [7, 11) is 0. The van der Waals surface area contributed by atoms with Crippen LogP contribution in [0.25, 0.3) is 0 Å². The van der Waals surface area contributed by atoms with Crippen molar-refractivity contribution in [3.63, 3.8) is 0 Å². The van der Waals surface area contributed by atoms with Gasteiger partial charge in [0.25, 0.3) is 0 Å². The minimum atomic E-state index is -0.201. The lowest BCUT2D eigenvalue weighted by atomic mass is 9.72. The summed E-state index contributed by atoms with van der Waals surface area (Å²) in [5, 5.41) is 0. The second kappa shape index (κ2) is 6.43. The fraction of sp³-hybridized carbons (Fsp3) is 0.778. The van der Waals surface area contributed by atoms with Gasteiger partial charge in [-0.1, -0.05) is 38.8 Å². The van der Waals surface area contributed by atoms with Crippen LogP contribution < -0.4 is 0 Å². The minimum absolute atomic E-state index is 0.0530. The van der Waals surface area contributed by atoms with Gasteiger partial charge in [-0.25, -0.2) is 0 Å². The summed E-state index contributed by atoms with van der Waals surface area (Å²) >= 11 is 0. The van der Waals surface area contributed by atoms with Crippen molar-refractivity contribution in [3.05, 3.63) is 12.2 Å². The molecule has 0 aromatic carbocycles. The number of hydrogen-bond donors (Lipinski definition) is 0. The van der Waals surface area contributed by atoms with Gasteiger partial charge in [-0.05, 0) is 24.7 Å². The van der Waals surface area contributed by atoms with Crippen molar-refractivity contribution in [3.8, 4) is 0 Å². The van der Waals surface area contributed by atoms with Crippen LogP contribution in [0.2, 0.25) is 0 Å². The molecule has 22 heavy (non-hydrogen) atoms. The maximum Gasteiger partial charge on any atom is 0.309 e. The summed E-state index contributed by atoms with van der Waals surface area (Å²) < 4.78 is 11.2. The van der Waals surface area contributed by atoms with Gasteiger partial charge >= 0.3 is 11.9 Å². The summed E-state index contributed by atoms with van der Waals surface area (Å²) in [4.78, 5) is 25.0. The second-order valence-corrected chi connectivity index (χ2v) is 7.20. The zero-order valence-corrected chi connectivity index (χ0v) is 13.5. The van der Waals surface area contributed by atoms with Crippen LogP contribution in [-0.4, -0.2) is 25.2 Å². The van der Waals surface area contributed by atoms with E-state index in [-0.39, 0.29) is 41.5 Å². The Morgan fingerprint density at radius 2 is 1.68 bits per heavy atom. The zero-order chi connectivity index (χ0) is 15.7. The van der Waals surface area contributed by atoms with Crippen LogP contribution in [0.5, 0.6) is 0 Å². The topological polar surface area (TPSA) is 52.6 Å². The van der Waals surface area contributed by atoms with E-state index in [1.165, 1.54) is 0 Å². The SMILES string of the molecule is C[C@H]1[C@@H]2C(=O)OC[C@@H]3CCCC[C@H]3C(=O)OC[C@H]2C=C[C@H]1C. The van der Waals surface area contributed by atoms with E-state index in [0.717, 1.165) is 25.7 Å². The van der Waals surface area contributed by atoms with Crippen LogP contribution in [0.15, 0.2) is 12.2 Å². The maximum absolute atomic E-state index is 12.6. The van der Waals surface area contributed by atoms with Crippen molar-refractivity contribution in [1.82, 2.24) is 0 Å². The summed E-state index contributed by atoms with van der Waals surface area (Å²) in [6, 6.07) is 0. The molecule has 4 nitrogen and oxygen atoms in total. The summed E-state index contributed by atoms with van der Waals surface area (Å²) in [5.41, 5.74) is 0. The Morgan fingerprint density at radius 1 is 0.955 bits per heavy atom. The fourth-order valence-corrected chi connectivity index (χ4v) is 4.17. The van der Waals surface area contributed by atoms with Gasteiger partial charge in [0.15, 0.2) is 0 Å². The number of hydrogen-bond acceptors (Lipinski definition) is 4. The lowest BCUT2D eigenvalue weighted by Gasteiger charge is -2.37. The number of rotatable bonds is 0. The summed E-state index contributed by atoms with van der Waals surface area (Å²) in [5.74, 6) is 0.126. The Hall–Kier alpha value is -1.32. The van der Waals surface area contributed by atoms with Crippen LogP contribution in [0.4, 0.5) is 0 Å². The first-order valence-electron chi connectivity index (χ1n) is 8.59. The Labute approximate surface area is 132 Å². The van der Waals surface area contributed by atoms with Gasteiger partial charge in [0.1, 0.15) is 0 Å². The predicted octanol–water partition coefficient (Wildman–Crippen LogP) is 2.97. The quantitative estimate of drug-likeness (QED) is 0.510. The highest BCUT2D eigenvalue weighted by atomic mass is 16.5. The van der Waals surface area contributed by atoms with E-state index in [2.05, 4.69) is 19.9 Å². The Balaban J connectivity index is 1.81. The van der Waals surface area contributed by atoms with Crippen LogP contribution in [0.3, 0.4) is 0 Å². The Morgan fingerprint density at radius 3 is 2.50 bits per heavy atom. The number of esters is 2. The monoisotopic (exact) mass is 306 g/mol. The molecule has 2 aliphatic carbocycles. The molecule has 0 unspecified atom stereocenters. The van der Waals surface area contributed by atoms with Crippen molar-refractivity contribution in [2.75, 3.05) is 13.2 Å². The molecule has 0 N–H and O–H groups in total. The highest BCUT2D eigenvalue weighted by molar-refractivity contribution is 5.75. The smallest absolute Gasteiger partial charge is 0.309 e. The highest BCUT2D eigenvalue weighted by Gasteiger charge is 2.41. The number of allylic oxidation sites excluding steroid dienone is 1. The van der Waals surface area contributed by atoms with E-state index < -0.39 is 0 Å². The van der Waals surface area contributed by atoms with Crippen molar-refractivity contribution in [2.45, 2.75) is 39.5 Å². The molecule has 2 fully saturated rings. The van der Waals surface area contributed by atoms with Gasteiger partial charge in [-0.15, -0.1) is 0 Å². The first kappa shape index (κ1) is 15.6. The van der Waals surface area contributed by atoms with Crippen molar-refractivity contribution < 1.29 is 19.1 Å². The molecule has 3 aliphatic rings. The van der Waals surface area contributed by atoms with E-state index >= 15 is 0 Å². The van der Waals surface area contributed by atoms with Crippen LogP contribution in [-0.2, 0) is 19.1 Å². The molecule has 0 amide bonds. The van der Waals surface area contributed by atoms with Gasteiger partial charge < -0.3 is 9.47 Å². The molecule has 0 aromatic rings. The highest BCUT2D eigenvalue weighted by Crippen LogP contribution is 2.38. The fourth-order valence-electron chi connectivity index (χ4n) is 4.17. The van der Waals surface area contributed by atoms with Crippen molar-refractivity contribution in [1.29, 1.82) is 0 Å². The van der Waals surface area contributed by atoms with Crippen molar-refractivity contribution >= 4 is 11.9 Å². The molecule has 1 heterocycles. The molecule has 0 bridgehead atoms. The Kier molecular flexibility index (Phi) is 4.55. The first-order chi connectivity index (χ1) is 10.6. The standard InChI is InChI=1S/C18H26O4/c1-11-7-8-14-10-21-17(19)15-6-4-3-5-13(15)9-22-18(20)16(14)12(11)2/h7-8,11-16H,3-6,9-10H2,1-2H3/t11-,12-,13+,14-,15-,16+/m1/s1. The van der Waals surface area contributed by atoms with Gasteiger partial charge in [-0.3, -0.25) is 9.59 Å². The molecule has 1 saturated carbocycles. The average Bonchev–Trinajstić information content (AvgIpc) is 2.53. The third-order valence-electron chi connectivity index (χ3n) is 5.86. The predicted molar refractivity (Wildman–Crippen MR) is 81.8 cm³/mol. The van der Waals surface area contributed by atoms with E-state index in [4.69, 9.17) is 9.47 Å². The third-order valence-corrected chi connectivity index (χ3v) is 5.86. The first-order valence-corrected chi connectivity index (χ1v) is 8.59. The maximum atomic E-state index is 12.6. The largest absolute Gasteiger partial charge is 0.465 e. The van der Waals surface area contributed by atoms with E-state index in [9.17, 15) is 9.59 Å². The number of ether oxygens (including phenoxy) is 2. The summed E-state index contributed by atoms with van der Waals surface area (Å²) in [6.07, 6.45) is 8.14. The van der Waals surface area contributed by atoms with Gasteiger partial charge in [0.05, 0.1) is 25.0 Å². The third kappa shape index (κ3) is 2.92. The molecule has 122 valence electrons. The lowest BCUT2D eigenvalue weighted by Crippen LogP contribution is -2.42. The number of cyclic esters (lactones) is 2. The van der Waals surface area contributed by atoms with Gasteiger partial charge in [-0.2, -0.15) is 0 Å². The van der Waals surface area contributed by atoms with Gasteiger partial charge in [0, 0.05) is 11.8 Å². The summed E-state index contributed by atoms with van der Waals surface area (Å²) in [6.45, 7) is 4.87. The molecule has 0 radical (unpaired) electrons. The molecule has 3 rings (SSSR count). The number of carbonyl (C=O) groups excluding carboxylic acids is 2. The normalized spacial score (nSPS) is 42.6. The molecular weight excluding hydrogens is 280 g/mol. The van der Waals surface area contributed by atoms with Crippen molar-refractivity contribution in [2.24, 2.45) is 35.5 Å². The van der Waals surface area contributed by atoms with E-state index in [1.807, 2.05) is 6.08 Å². The van der Waals surface area contributed by atoms with E-state index in [0.29, 0.717) is 19.1 Å². The molecule has 0 aromatic heterocycles.